The van der Waals surface area contributed by atoms with Crippen molar-refractivity contribution in [1.29, 1.82) is 0 Å². The molecule has 0 aromatic heterocycles. The van der Waals surface area contributed by atoms with E-state index in [0.717, 1.165) is 18.4 Å². The quantitative estimate of drug-likeness (QED) is 0.564. The number of esters is 1. The summed E-state index contributed by atoms with van der Waals surface area (Å²) in [6.07, 6.45) is 5.10. The van der Waals surface area contributed by atoms with Crippen LogP contribution in [0.5, 0.6) is 5.75 Å². The van der Waals surface area contributed by atoms with Crippen LogP contribution in [-0.4, -0.2) is 20.2 Å². The number of carbonyl (C=O) groups is 1. The molecule has 1 unspecified atom stereocenters. The van der Waals surface area contributed by atoms with E-state index in [4.69, 9.17) is 14.2 Å². The molecule has 110 valence electrons. The highest BCUT2D eigenvalue weighted by molar-refractivity contribution is 5.97. The molecule has 1 atom stereocenters. The normalized spacial score (nSPS) is 20.6. The summed E-state index contributed by atoms with van der Waals surface area (Å²) in [5, 5.41) is 0. The van der Waals surface area contributed by atoms with Crippen molar-refractivity contribution in [3.8, 4) is 5.75 Å². The van der Waals surface area contributed by atoms with Crippen molar-refractivity contribution < 1.29 is 19.0 Å². The number of fused-ring (bicyclic) bond motifs is 1. The third kappa shape index (κ3) is 2.52. The first kappa shape index (κ1) is 14.9. The van der Waals surface area contributed by atoms with Crippen LogP contribution >= 0.6 is 0 Å². The molecule has 1 aliphatic heterocycles. The minimum Gasteiger partial charge on any atom is -0.496 e. The zero-order valence-electron chi connectivity index (χ0n) is 12.4. The Morgan fingerprint density at radius 1 is 1.20 bits per heavy atom. The Hall–Kier alpha value is -1.55. The SMILES string of the molecule is CCCCCCC1(OC)OC(=O)c2c(OC)cccc21. The Balaban J connectivity index is 2.27. The van der Waals surface area contributed by atoms with E-state index in [1.807, 2.05) is 12.1 Å². The van der Waals surface area contributed by atoms with Gasteiger partial charge >= 0.3 is 5.97 Å². The third-order valence-electron chi connectivity index (χ3n) is 3.81. The Labute approximate surface area is 120 Å². The number of benzene rings is 1. The van der Waals surface area contributed by atoms with E-state index in [1.165, 1.54) is 12.8 Å². The average Bonchev–Trinajstić information content (AvgIpc) is 2.77. The second-order valence-corrected chi connectivity index (χ2v) is 5.04. The van der Waals surface area contributed by atoms with E-state index in [9.17, 15) is 4.79 Å². The average molecular weight is 278 g/mol. The molecule has 4 nitrogen and oxygen atoms in total. The number of cyclic esters (lactones) is 1. The second-order valence-electron chi connectivity index (χ2n) is 5.04. The van der Waals surface area contributed by atoms with Crippen LogP contribution in [0.4, 0.5) is 0 Å². The van der Waals surface area contributed by atoms with Crippen LogP contribution in [0.2, 0.25) is 0 Å². The van der Waals surface area contributed by atoms with Gasteiger partial charge < -0.3 is 14.2 Å². The standard InChI is InChI=1S/C16H22O4/c1-4-5-6-7-11-16(19-3)12-9-8-10-13(18-2)14(12)15(17)20-16/h8-10H,4-7,11H2,1-3H3. The van der Waals surface area contributed by atoms with Gasteiger partial charge in [-0.2, -0.15) is 0 Å². The van der Waals surface area contributed by atoms with E-state index >= 15 is 0 Å². The minimum absolute atomic E-state index is 0.366. The third-order valence-corrected chi connectivity index (χ3v) is 3.81. The van der Waals surface area contributed by atoms with Crippen molar-refractivity contribution >= 4 is 5.97 Å². The predicted molar refractivity (Wildman–Crippen MR) is 75.9 cm³/mol. The maximum Gasteiger partial charge on any atom is 0.345 e. The van der Waals surface area contributed by atoms with Gasteiger partial charge in [-0.05, 0) is 12.5 Å². The van der Waals surface area contributed by atoms with E-state index in [2.05, 4.69) is 6.92 Å². The number of unbranched alkanes of at least 4 members (excludes halogenated alkanes) is 3. The molecular weight excluding hydrogens is 256 g/mol. The van der Waals surface area contributed by atoms with E-state index in [0.29, 0.717) is 17.7 Å². The molecule has 0 spiro atoms. The molecule has 0 amide bonds. The lowest BCUT2D eigenvalue weighted by atomic mass is 9.96. The highest BCUT2D eigenvalue weighted by Gasteiger charge is 2.47. The predicted octanol–water partition coefficient (Wildman–Crippen LogP) is 3.64. The van der Waals surface area contributed by atoms with Gasteiger partial charge in [-0.3, -0.25) is 0 Å². The van der Waals surface area contributed by atoms with Crippen molar-refractivity contribution in [3.05, 3.63) is 29.3 Å². The van der Waals surface area contributed by atoms with Crippen LogP contribution in [-0.2, 0) is 15.3 Å². The van der Waals surface area contributed by atoms with Crippen LogP contribution < -0.4 is 4.74 Å². The lowest BCUT2D eigenvalue weighted by molar-refractivity contribution is -0.191. The molecule has 0 radical (unpaired) electrons. The molecule has 1 heterocycles. The van der Waals surface area contributed by atoms with Crippen LogP contribution in [0.1, 0.15) is 54.9 Å². The maximum atomic E-state index is 12.1. The highest BCUT2D eigenvalue weighted by atomic mass is 16.7. The zero-order chi connectivity index (χ0) is 14.6. The molecule has 2 rings (SSSR count). The van der Waals surface area contributed by atoms with Gasteiger partial charge in [-0.15, -0.1) is 0 Å². The van der Waals surface area contributed by atoms with Gasteiger partial charge in [0, 0.05) is 19.1 Å². The monoisotopic (exact) mass is 278 g/mol. The fourth-order valence-corrected chi connectivity index (χ4v) is 2.71. The Morgan fingerprint density at radius 2 is 2.00 bits per heavy atom. The van der Waals surface area contributed by atoms with Crippen molar-refractivity contribution in [3.63, 3.8) is 0 Å². The molecule has 1 aliphatic rings. The van der Waals surface area contributed by atoms with Crippen molar-refractivity contribution in [2.75, 3.05) is 14.2 Å². The van der Waals surface area contributed by atoms with Gasteiger partial charge in [0.1, 0.15) is 11.3 Å². The topological polar surface area (TPSA) is 44.8 Å². The number of hydrogen-bond acceptors (Lipinski definition) is 4. The number of carbonyl (C=O) groups excluding carboxylic acids is 1. The summed E-state index contributed by atoms with van der Waals surface area (Å²) >= 11 is 0. The Kier molecular flexibility index (Phi) is 4.65. The summed E-state index contributed by atoms with van der Waals surface area (Å²) in [5.74, 6) is -0.774. The number of rotatable bonds is 7. The van der Waals surface area contributed by atoms with Gasteiger partial charge in [0.05, 0.1) is 7.11 Å². The Bertz CT molecular complexity index is 483. The van der Waals surface area contributed by atoms with Gasteiger partial charge in [-0.1, -0.05) is 38.3 Å². The summed E-state index contributed by atoms with van der Waals surface area (Å²) in [5.41, 5.74) is 1.27. The first-order chi connectivity index (χ1) is 9.68. The second kappa shape index (κ2) is 6.27. The number of hydrogen-bond donors (Lipinski definition) is 0. The number of ether oxygens (including phenoxy) is 3. The summed E-state index contributed by atoms with van der Waals surface area (Å²) in [7, 11) is 3.14. The molecule has 1 aromatic carbocycles. The van der Waals surface area contributed by atoms with Crippen LogP contribution in [0.15, 0.2) is 18.2 Å². The van der Waals surface area contributed by atoms with Crippen LogP contribution in [0.3, 0.4) is 0 Å². The summed E-state index contributed by atoms with van der Waals surface area (Å²) < 4.78 is 16.4. The van der Waals surface area contributed by atoms with Crippen molar-refractivity contribution in [2.45, 2.75) is 44.8 Å². The first-order valence-corrected chi connectivity index (χ1v) is 7.14. The first-order valence-electron chi connectivity index (χ1n) is 7.14. The fraction of sp³-hybridized carbons (Fsp3) is 0.562. The van der Waals surface area contributed by atoms with E-state index in [1.54, 1.807) is 20.3 Å². The lowest BCUT2D eigenvalue weighted by Crippen LogP contribution is -2.28. The molecule has 0 aliphatic carbocycles. The van der Waals surface area contributed by atoms with E-state index < -0.39 is 5.79 Å². The molecule has 0 N–H and O–H groups in total. The Morgan fingerprint density at radius 3 is 2.65 bits per heavy atom. The molecular formula is C16H22O4. The van der Waals surface area contributed by atoms with Gasteiger partial charge in [0.2, 0.25) is 5.79 Å². The molecule has 20 heavy (non-hydrogen) atoms. The molecule has 0 saturated carbocycles. The molecule has 4 heteroatoms. The summed E-state index contributed by atoms with van der Waals surface area (Å²) in [6.45, 7) is 2.17. The maximum absolute atomic E-state index is 12.1. The van der Waals surface area contributed by atoms with E-state index in [-0.39, 0.29) is 5.97 Å². The molecule has 0 bridgehead atoms. The fourth-order valence-electron chi connectivity index (χ4n) is 2.71. The minimum atomic E-state index is -0.950. The smallest absolute Gasteiger partial charge is 0.345 e. The van der Waals surface area contributed by atoms with Gasteiger partial charge in [-0.25, -0.2) is 4.79 Å². The van der Waals surface area contributed by atoms with Crippen LogP contribution in [0, 0.1) is 0 Å². The molecule has 0 saturated heterocycles. The lowest BCUT2D eigenvalue weighted by Gasteiger charge is -2.27. The van der Waals surface area contributed by atoms with Gasteiger partial charge in [0.25, 0.3) is 0 Å². The van der Waals surface area contributed by atoms with Crippen molar-refractivity contribution in [1.82, 2.24) is 0 Å². The number of methoxy groups -OCH3 is 2. The molecule has 0 fully saturated rings. The van der Waals surface area contributed by atoms with Crippen molar-refractivity contribution in [2.24, 2.45) is 0 Å². The largest absolute Gasteiger partial charge is 0.496 e. The summed E-state index contributed by atoms with van der Waals surface area (Å²) in [4.78, 5) is 12.1. The van der Waals surface area contributed by atoms with Crippen LogP contribution in [0.25, 0.3) is 0 Å². The highest BCUT2D eigenvalue weighted by Crippen LogP contribution is 2.44. The summed E-state index contributed by atoms with van der Waals surface area (Å²) in [6, 6.07) is 5.51. The van der Waals surface area contributed by atoms with Gasteiger partial charge in [0.15, 0.2) is 0 Å². The molecule has 1 aromatic rings. The zero-order valence-corrected chi connectivity index (χ0v) is 12.4.